The summed E-state index contributed by atoms with van der Waals surface area (Å²) in [6.45, 7) is 5.39. The predicted molar refractivity (Wildman–Crippen MR) is 44.9 cm³/mol. The third kappa shape index (κ3) is 3.09. The van der Waals surface area contributed by atoms with E-state index in [0.717, 1.165) is 12.1 Å². The lowest BCUT2D eigenvalue weighted by Crippen LogP contribution is -1.99. The van der Waals surface area contributed by atoms with Gasteiger partial charge in [-0.25, -0.2) is 0 Å². The van der Waals surface area contributed by atoms with Crippen molar-refractivity contribution in [3.63, 3.8) is 0 Å². The number of allylic oxidation sites excluding steroid dienone is 1. The summed E-state index contributed by atoms with van der Waals surface area (Å²) < 4.78 is 0. The summed E-state index contributed by atoms with van der Waals surface area (Å²) in [5.74, 6) is 0.527. The first-order valence-electron chi connectivity index (χ1n) is 3.69. The summed E-state index contributed by atoms with van der Waals surface area (Å²) in [6.07, 6.45) is 4.75. The summed E-state index contributed by atoms with van der Waals surface area (Å²) in [6, 6.07) is 0.353. The summed E-state index contributed by atoms with van der Waals surface area (Å²) in [7, 11) is 0. The molecule has 0 heterocycles. The van der Waals surface area contributed by atoms with Crippen molar-refractivity contribution in [1.82, 2.24) is 0 Å². The van der Waals surface area contributed by atoms with E-state index in [0.29, 0.717) is 12.0 Å². The van der Waals surface area contributed by atoms with Crippen LogP contribution in [0.3, 0.4) is 0 Å². The van der Waals surface area contributed by atoms with Gasteiger partial charge in [0.1, 0.15) is 0 Å². The zero-order valence-corrected chi connectivity index (χ0v) is 6.70. The minimum atomic E-state index is 0.353. The molecule has 3 nitrogen and oxygen atoms in total. The fourth-order valence-electron chi connectivity index (χ4n) is 0.738. The van der Waals surface area contributed by atoms with Crippen LogP contribution in [0, 0.1) is 5.92 Å². The van der Waals surface area contributed by atoms with E-state index in [1.54, 1.807) is 13.1 Å². The summed E-state index contributed by atoms with van der Waals surface area (Å²) >= 11 is 0. The van der Waals surface area contributed by atoms with Crippen molar-refractivity contribution in [2.45, 2.75) is 19.4 Å². The molecule has 0 bridgehead atoms. The highest BCUT2D eigenvalue weighted by atomic mass is 15.1. The highest BCUT2D eigenvalue weighted by Crippen LogP contribution is 2.28. The Balaban J connectivity index is 2.21. The van der Waals surface area contributed by atoms with Crippen molar-refractivity contribution in [3.05, 3.63) is 24.6 Å². The lowest BCUT2D eigenvalue weighted by molar-refractivity contribution is 0.968. The van der Waals surface area contributed by atoms with Crippen molar-refractivity contribution in [2.24, 2.45) is 21.9 Å². The first-order chi connectivity index (χ1) is 5.20. The molecule has 3 heteroatoms. The maximum atomic E-state index is 5.57. The minimum absolute atomic E-state index is 0.353. The van der Waals surface area contributed by atoms with Gasteiger partial charge >= 0.3 is 0 Å². The molecule has 2 atom stereocenters. The average molecular weight is 151 g/mol. The molecule has 1 aliphatic rings. The van der Waals surface area contributed by atoms with Gasteiger partial charge in [-0.2, -0.15) is 10.2 Å². The molecule has 11 heavy (non-hydrogen) atoms. The largest absolute Gasteiger partial charge is 0.327 e. The van der Waals surface area contributed by atoms with Gasteiger partial charge in [0, 0.05) is 12.2 Å². The standard InChI is InChI=1S/C8H13N3/c1-6(2)11-10-4-3-7-5-8(7)9/h3-4,7-8H,1,5,9H2,2H3/b4-3+,11-10?. The Bertz CT molecular complexity index is 205. The van der Waals surface area contributed by atoms with Gasteiger partial charge in [-0.1, -0.05) is 12.7 Å². The lowest BCUT2D eigenvalue weighted by Gasteiger charge is -1.81. The second-order valence-corrected chi connectivity index (χ2v) is 2.86. The molecule has 0 aliphatic heterocycles. The van der Waals surface area contributed by atoms with E-state index in [2.05, 4.69) is 16.8 Å². The molecular formula is C8H13N3. The quantitative estimate of drug-likeness (QED) is 0.615. The molecule has 1 saturated carbocycles. The van der Waals surface area contributed by atoms with Crippen molar-refractivity contribution >= 4 is 0 Å². The van der Waals surface area contributed by atoms with Gasteiger partial charge in [0.2, 0.25) is 0 Å². The second-order valence-electron chi connectivity index (χ2n) is 2.86. The Morgan fingerprint density at radius 2 is 2.36 bits per heavy atom. The van der Waals surface area contributed by atoms with E-state index in [1.807, 2.05) is 6.08 Å². The van der Waals surface area contributed by atoms with E-state index >= 15 is 0 Å². The number of azo groups is 1. The normalized spacial score (nSPS) is 30.0. The molecular weight excluding hydrogens is 138 g/mol. The molecule has 0 aromatic heterocycles. The average Bonchev–Trinajstić information content (AvgIpc) is 2.59. The van der Waals surface area contributed by atoms with Crippen LogP contribution in [0.25, 0.3) is 0 Å². The predicted octanol–water partition coefficient (Wildman–Crippen LogP) is 1.83. The molecule has 2 N–H and O–H groups in total. The third-order valence-electron chi connectivity index (χ3n) is 1.52. The molecule has 0 spiro atoms. The van der Waals surface area contributed by atoms with E-state index < -0.39 is 0 Å². The monoisotopic (exact) mass is 151 g/mol. The smallest absolute Gasteiger partial charge is 0.0528 e. The Kier molecular flexibility index (Phi) is 2.54. The van der Waals surface area contributed by atoms with Crippen molar-refractivity contribution in [3.8, 4) is 0 Å². The van der Waals surface area contributed by atoms with Crippen LogP contribution < -0.4 is 5.73 Å². The number of rotatable bonds is 3. The van der Waals surface area contributed by atoms with E-state index in [-0.39, 0.29) is 0 Å². The molecule has 1 rings (SSSR count). The summed E-state index contributed by atoms with van der Waals surface area (Å²) in [4.78, 5) is 0. The molecule has 1 fully saturated rings. The van der Waals surface area contributed by atoms with Crippen LogP contribution in [-0.2, 0) is 0 Å². The van der Waals surface area contributed by atoms with Crippen LogP contribution in [0.4, 0.5) is 0 Å². The zero-order valence-electron chi connectivity index (χ0n) is 6.70. The third-order valence-corrected chi connectivity index (χ3v) is 1.52. The fraction of sp³-hybridized carbons (Fsp3) is 0.500. The minimum Gasteiger partial charge on any atom is -0.327 e. The Morgan fingerprint density at radius 3 is 2.82 bits per heavy atom. The van der Waals surface area contributed by atoms with Gasteiger partial charge in [-0.3, -0.25) is 0 Å². The van der Waals surface area contributed by atoms with Gasteiger partial charge < -0.3 is 5.73 Å². The Hall–Kier alpha value is -0.960. The zero-order chi connectivity index (χ0) is 8.27. The van der Waals surface area contributed by atoms with Gasteiger partial charge in [0.25, 0.3) is 0 Å². The summed E-state index contributed by atoms with van der Waals surface area (Å²) in [5, 5.41) is 7.53. The molecule has 0 saturated heterocycles. The van der Waals surface area contributed by atoms with Crippen LogP contribution >= 0.6 is 0 Å². The topological polar surface area (TPSA) is 50.7 Å². The van der Waals surface area contributed by atoms with E-state index in [9.17, 15) is 0 Å². The molecule has 0 amide bonds. The van der Waals surface area contributed by atoms with E-state index in [1.165, 1.54) is 0 Å². The van der Waals surface area contributed by atoms with Gasteiger partial charge in [0.05, 0.1) is 5.70 Å². The highest BCUT2D eigenvalue weighted by Gasteiger charge is 2.30. The van der Waals surface area contributed by atoms with Gasteiger partial charge in [0.15, 0.2) is 0 Å². The van der Waals surface area contributed by atoms with Crippen molar-refractivity contribution < 1.29 is 0 Å². The van der Waals surface area contributed by atoms with Crippen LogP contribution in [0.2, 0.25) is 0 Å². The number of hydrogen-bond acceptors (Lipinski definition) is 3. The molecule has 0 aromatic rings. The first-order valence-corrected chi connectivity index (χ1v) is 3.69. The number of nitrogens with two attached hydrogens (primary N) is 1. The van der Waals surface area contributed by atoms with Gasteiger partial charge in [-0.15, -0.1) is 0 Å². The number of hydrogen-bond donors (Lipinski definition) is 1. The van der Waals surface area contributed by atoms with Crippen LogP contribution in [0.1, 0.15) is 13.3 Å². The van der Waals surface area contributed by atoms with Crippen LogP contribution in [0.5, 0.6) is 0 Å². The molecule has 1 aliphatic carbocycles. The SMILES string of the molecule is C=C(C)N=N/C=C/C1CC1N. The Labute approximate surface area is 66.7 Å². The molecule has 2 unspecified atom stereocenters. The van der Waals surface area contributed by atoms with Gasteiger partial charge in [-0.05, 0) is 19.3 Å². The summed E-state index contributed by atoms with van der Waals surface area (Å²) in [5.41, 5.74) is 6.28. The number of nitrogens with zero attached hydrogens (tertiary/aromatic N) is 2. The molecule has 0 radical (unpaired) electrons. The van der Waals surface area contributed by atoms with Crippen LogP contribution in [-0.4, -0.2) is 6.04 Å². The Morgan fingerprint density at radius 1 is 1.73 bits per heavy atom. The maximum absolute atomic E-state index is 5.57. The van der Waals surface area contributed by atoms with Crippen molar-refractivity contribution in [2.75, 3.05) is 0 Å². The maximum Gasteiger partial charge on any atom is 0.0528 e. The first kappa shape index (κ1) is 8.14. The molecule has 0 aromatic carbocycles. The van der Waals surface area contributed by atoms with E-state index in [4.69, 9.17) is 5.73 Å². The highest BCUT2D eigenvalue weighted by molar-refractivity contribution is 5.04. The lowest BCUT2D eigenvalue weighted by atomic mass is 10.4. The fourth-order valence-corrected chi connectivity index (χ4v) is 0.738. The van der Waals surface area contributed by atoms with Crippen molar-refractivity contribution in [1.29, 1.82) is 0 Å². The van der Waals surface area contributed by atoms with Crippen LogP contribution in [0.15, 0.2) is 34.8 Å². The second kappa shape index (κ2) is 3.44. The molecule has 60 valence electrons.